The van der Waals surface area contributed by atoms with Gasteiger partial charge >= 0.3 is 0 Å². The summed E-state index contributed by atoms with van der Waals surface area (Å²) in [4.78, 5) is 20.4. The second-order valence-corrected chi connectivity index (χ2v) is 9.32. The number of Topliss-reactive ketones (excluding diaryl/α,β-unsaturated/α-hetero) is 1. The van der Waals surface area contributed by atoms with Crippen LogP contribution in [0.3, 0.4) is 0 Å². The first-order chi connectivity index (χ1) is 14.3. The fourth-order valence-corrected chi connectivity index (χ4v) is 4.38. The van der Waals surface area contributed by atoms with Crippen LogP contribution in [0.25, 0.3) is 0 Å². The Labute approximate surface area is 186 Å². The highest BCUT2D eigenvalue weighted by Crippen LogP contribution is 2.21. The molecule has 4 rings (SSSR count). The molecule has 0 aromatic heterocycles. The average molecular weight is 421 g/mol. The normalized spacial score (nSPS) is 24.8. The van der Waals surface area contributed by atoms with E-state index in [0.717, 1.165) is 18.5 Å². The van der Waals surface area contributed by atoms with Crippen LogP contribution in [0.4, 0.5) is 0 Å². The Kier molecular flexibility index (Phi) is 14.2. The van der Waals surface area contributed by atoms with E-state index in [1.54, 1.807) is 6.92 Å². The standard InChI is InChI=1S/C10H15NO.3C5H11N/c1-4-9(8(2)12)10-6-5-7-11(10)3;3*1-6-4-2-3-5-6/h10H,1,5-7H2,2-3H3;3*2-5H2,1H3. The van der Waals surface area contributed by atoms with Crippen LogP contribution in [-0.2, 0) is 4.79 Å². The number of likely N-dealkylation sites (N-methyl/N-ethyl adjacent to an activating group) is 1. The molecule has 0 bridgehead atoms. The largest absolute Gasteiger partial charge is 0.306 e. The summed E-state index contributed by atoms with van der Waals surface area (Å²) in [6, 6.07) is 0.264. The van der Waals surface area contributed by atoms with Crippen LogP contribution in [0.5, 0.6) is 0 Å². The lowest BCUT2D eigenvalue weighted by atomic mass is 10.0. The Morgan fingerprint density at radius 3 is 1.23 bits per heavy atom. The van der Waals surface area contributed by atoms with Gasteiger partial charge in [-0.1, -0.05) is 6.58 Å². The fraction of sp³-hybridized carbons (Fsp3) is 0.840. The Morgan fingerprint density at radius 2 is 1.07 bits per heavy atom. The van der Waals surface area contributed by atoms with Crippen molar-refractivity contribution < 1.29 is 4.79 Å². The van der Waals surface area contributed by atoms with Crippen molar-refractivity contribution in [3.63, 3.8) is 0 Å². The van der Waals surface area contributed by atoms with E-state index in [9.17, 15) is 4.79 Å². The molecule has 0 amide bonds. The van der Waals surface area contributed by atoms with Gasteiger partial charge in [0.15, 0.2) is 5.78 Å². The summed E-state index contributed by atoms with van der Waals surface area (Å²) in [5, 5.41) is 0. The first-order valence-corrected chi connectivity index (χ1v) is 12.0. The van der Waals surface area contributed by atoms with E-state index in [0.29, 0.717) is 0 Å². The SMILES string of the molecule is C=C=C(C(C)=O)C1CCCN1C.CN1CCCC1.CN1CCCC1.CN1CCCC1. The minimum atomic E-state index is 0.101. The zero-order valence-electron chi connectivity index (χ0n) is 20.6. The van der Waals surface area contributed by atoms with Crippen molar-refractivity contribution >= 4 is 5.78 Å². The van der Waals surface area contributed by atoms with Gasteiger partial charge in [-0.3, -0.25) is 9.69 Å². The monoisotopic (exact) mass is 420 g/mol. The van der Waals surface area contributed by atoms with Crippen LogP contribution in [0, 0.1) is 0 Å². The second kappa shape index (κ2) is 15.8. The molecule has 0 aromatic carbocycles. The van der Waals surface area contributed by atoms with Crippen molar-refractivity contribution in [1.82, 2.24) is 19.6 Å². The maximum Gasteiger partial charge on any atom is 0.165 e. The Balaban J connectivity index is 0.000000212. The summed E-state index contributed by atoms with van der Waals surface area (Å²) in [7, 11) is 8.56. The van der Waals surface area contributed by atoms with Crippen LogP contribution < -0.4 is 0 Å². The van der Waals surface area contributed by atoms with Gasteiger partial charge in [0, 0.05) is 6.04 Å². The molecule has 0 saturated carbocycles. The van der Waals surface area contributed by atoms with Crippen molar-refractivity contribution in [3.05, 3.63) is 17.9 Å². The summed E-state index contributed by atoms with van der Waals surface area (Å²) in [6.45, 7) is 14.1. The van der Waals surface area contributed by atoms with Crippen molar-refractivity contribution in [2.24, 2.45) is 0 Å². The molecule has 4 heterocycles. The highest BCUT2D eigenvalue weighted by molar-refractivity contribution is 5.94. The summed E-state index contributed by atoms with van der Waals surface area (Å²) in [5.74, 6) is 0.101. The second-order valence-electron chi connectivity index (χ2n) is 9.32. The average Bonchev–Trinajstić information content (AvgIpc) is 3.50. The summed E-state index contributed by atoms with van der Waals surface area (Å²) < 4.78 is 0. The molecule has 5 nitrogen and oxygen atoms in total. The molecule has 1 unspecified atom stereocenters. The molecule has 4 saturated heterocycles. The molecular formula is C25H48N4O. The lowest BCUT2D eigenvalue weighted by molar-refractivity contribution is -0.114. The molecule has 4 fully saturated rings. The molecule has 0 aliphatic carbocycles. The highest BCUT2D eigenvalue weighted by Gasteiger charge is 2.26. The van der Waals surface area contributed by atoms with Gasteiger partial charge in [-0.25, -0.2) is 0 Å². The molecule has 4 aliphatic rings. The third kappa shape index (κ3) is 11.4. The van der Waals surface area contributed by atoms with E-state index >= 15 is 0 Å². The number of nitrogens with zero attached hydrogens (tertiary/aromatic N) is 4. The first kappa shape index (κ1) is 27.1. The lowest BCUT2D eigenvalue weighted by Gasteiger charge is -2.19. The lowest BCUT2D eigenvalue weighted by Crippen LogP contribution is -2.29. The molecule has 174 valence electrons. The van der Waals surface area contributed by atoms with E-state index in [1.807, 2.05) is 7.05 Å². The van der Waals surface area contributed by atoms with Crippen LogP contribution in [0.2, 0.25) is 0 Å². The minimum Gasteiger partial charge on any atom is -0.306 e. The van der Waals surface area contributed by atoms with Gasteiger partial charge in [-0.15, -0.1) is 5.73 Å². The summed E-state index contributed by atoms with van der Waals surface area (Å²) in [5.41, 5.74) is 3.49. The fourth-order valence-electron chi connectivity index (χ4n) is 4.38. The Morgan fingerprint density at radius 1 is 0.700 bits per heavy atom. The van der Waals surface area contributed by atoms with Gasteiger partial charge < -0.3 is 14.7 Å². The number of hydrogen-bond donors (Lipinski definition) is 0. The Bertz CT molecular complexity index is 478. The van der Waals surface area contributed by atoms with Crippen molar-refractivity contribution in [3.8, 4) is 0 Å². The van der Waals surface area contributed by atoms with Gasteiger partial charge in [0.2, 0.25) is 0 Å². The molecule has 30 heavy (non-hydrogen) atoms. The molecule has 0 spiro atoms. The molecule has 0 aromatic rings. The number of hydrogen-bond acceptors (Lipinski definition) is 5. The Hall–Kier alpha value is -0.970. The van der Waals surface area contributed by atoms with Gasteiger partial charge in [-0.05, 0) is 132 Å². The van der Waals surface area contributed by atoms with Crippen molar-refractivity contribution in [2.45, 2.75) is 64.3 Å². The quantitative estimate of drug-likeness (QED) is 0.504. The van der Waals surface area contributed by atoms with Gasteiger partial charge in [0.25, 0.3) is 0 Å². The third-order valence-corrected chi connectivity index (χ3v) is 6.41. The maximum atomic E-state index is 11.1. The number of likely N-dealkylation sites (tertiary alicyclic amines) is 4. The molecule has 0 N–H and O–H groups in total. The first-order valence-electron chi connectivity index (χ1n) is 12.0. The zero-order valence-corrected chi connectivity index (χ0v) is 20.6. The molecule has 0 radical (unpaired) electrons. The van der Waals surface area contributed by atoms with Crippen LogP contribution in [0.15, 0.2) is 17.9 Å². The number of rotatable bonds is 2. The maximum absolute atomic E-state index is 11.1. The minimum absolute atomic E-state index is 0.101. The van der Waals surface area contributed by atoms with Crippen LogP contribution >= 0.6 is 0 Å². The van der Waals surface area contributed by atoms with Crippen molar-refractivity contribution in [2.75, 3.05) is 74.0 Å². The number of carbonyl (C=O) groups excluding carboxylic acids is 1. The van der Waals surface area contributed by atoms with E-state index in [1.165, 1.54) is 84.2 Å². The summed E-state index contributed by atoms with van der Waals surface area (Å²) in [6.07, 6.45) is 10.7. The molecule has 5 heteroatoms. The van der Waals surface area contributed by atoms with Crippen LogP contribution in [-0.4, -0.2) is 105 Å². The zero-order chi connectivity index (χ0) is 22.4. The van der Waals surface area contributed by atoms with Crippen molar-refractivity contribution in [1.29, 1.82) is 0 Å². The van der Waals surface area contributed by atoms with Gasteiger partial charge in [0.05, 0.1) is 5.57 Å². The third-order valence-electron chi connectivity index (χ3n) is 6.41. The van der Waals surface area contributed by atoms with E-state index in [-0.39, 0.29) is 11.8 Å². The predicted octanol–water partition coefficient (Wildman–Crippen LogP) is 3.52. The van der Waals surface area contributed by atoms with E-state index in [2.05, 4.69) is 53.1 Å². The van der Waals surface area contributed by atoms with Gasteiger partial charge in [-0.2, -0.15) is 0 Å². The molecule has 4 aliphatic heterocycles. The summed E-state index contributed by atoms with van der Waals surface area (Å²) >= 11 is 0. The smallest absolute Gasteiger partial charge is 0.165 e. The number of ketones is 1. The number of carbonyl (C=O) groups is 1. The van der Waals surface area contributed by atoms with Gasteiger partial charge in [0.1, 0.15) is 0 Å². The van der Waals surface area contributed by atoms with Crippen LogP contribution in [0.1, 0.15) is 58.3 Å². The van der Waals surface area contributed by atoms with E-state index in [4.69, 9.17) is 0 Å². The highest BCUT2D eigenvalue weighted by atomic mass is 16.1. The topological polar surface area (TPSA) is 30.0 Å². The molecule has 1 atom stereocenters. The predicted molar refractivity (Wildman–Crippen MR) is 129 cm³/mol. The van der Waals surface area contributed by atoms with E-state index < -0.39 is 0 Å². The molecular weight excluding hydrogens is 372 g/mol.